The zero-order valence-electron chi connectivity index (χ0n) is 19.5. The lowest BCUT2D eigenvalue weighted by molar-refractivity contribution is 0.159. The first-order chi connectivity index (χ1) is 15.0. The van der Waals surface area contributed by atoms with Gasteiger partial charge >= 0.3 is 0 Å². The molecule has 29 heavy (non-hydrogen) atoms. The molecular formula is C23H22O6. The summed E-state index contributed by atoms with van der Waals surface area (Å²) < 4.78 is 50.0. The monoisotopic (exact) mass is 397 g/mol. The highest BCUT2D eigenvalue weighted by atomic mass is 16.5. The maximum atomic E-state index is 13.4. The second-order valence-electron chi connectivity index (χ2n) is 7.18. The van der Waals surface area contributed by atoms with Crippen molar-refractivity contribution in [2.24, 2.45) is 0 Å². The molecule has 150 valence electrons. The zero-order valence-corrected chi connectivity index (χ0v) is 16.5. The van der Waals surface area contributed by atoms with Crippen LogP contribution in [0.3, 0.4) is 0 Å². The van der Waals surface area contributed by atoms with E-state index in [1.165, 1.54) is 32.6 Å². The van der Waals surface area contributed by atoms with E-state index in [9.17, 15) is 4.79 Å². The molecule has 0 aliphatic carbocycles. The molecule has 0 amide bonds. The van der Waals surface area contributed by atoms with E-state index >= 15 is 0 Å². The number of fused-ring (bicyclic) bond motifs is 3. The minimum absolute atomic E-state index is 0.0581. The van der Waals surface area contributed by atoms with Crippen LogP contribution >= 0.6 is 0 Å². The van der Waals surface area contributed by atoms with E-state index in [-0.39, 0.29) is 28.1 Å². The summed E-state index contributed by atoms with van der Waals surface area (Å²) in [5.41, 5.74) is 0.550. The van der Waals surface area contributed by atoms with Crippen LogP contribution in [0, 0.1) is 0 Å². The molecule has 2 heterocycles. The maximum Gasteiger partial charge on any atom is 0.200 e. The molecule has 2 aromatic carbocycles. The van der Waals surface area contributed by atoms with Crippen LogP contribution in [-0.2, 0) is 0 Å². The molecule has 0 saturated heterocycles. The van der Waals surface area contributed by atoms with Gasteiger partial charge in [0.05, 0.1) is 41.9 Å². The summed E-state index contributed by atoms with van der Waals surface area (Å²) in [4.78, 5) is 13.4. The van der Waals surface area contributed by atoms with Gasteiger partial charge in [0.25, 0.3) is 0 Å². The van der Waals surface area contributed by atoms with Crippen LogP contribution in [0.1, 0.15) is 23.5 Å². The van der Waals surface area contributed by atoms with Crippen molar-refractivity contribution in [1.29, 1.82) is 0 Å². The van der Waals surface area contributed by atoms with Crippen molar-refractivity contribution in [1.82, 2.24) is 0 Å². The third-order valence-electron chi connectivity index (χ3n) is 4.85. The molecule has 1 aliphatic heterocycles. The largest absolute Gasteiger partial charge is 0.496 e. The van der Waals surface area contributed by atoms with E-state index < -0.39 is 12.6 Å². The number of hydrogen-bond acceptors (Lipinski definition) is 6. The quantitative estimate of drug-likeness (QED) is 0.637. The van der Waals surface area contributed by atoms with Gasteiger partial charge < -0.3 is 23.4 Å². The molecule has 6 heteroatoms. The lowest BCUT2D eigenvalue weighted by atomic mass is 9.99. The number of benzene rings is 2. The van der Waals surface area contributed by atoms with E-state index in [4.69, 9.17) is 27.5 Å². The van der Waals surface area contributed by atoms with Crippen molar-refractivity contribution >= 4 is 17.0 Å². The molecule has 1 aromatic heterocycles. The van der Waals surface area contributed by atoms with E-state index in [1.807, 2.05) is 26.0 Å². The first-order valence-electron chi connectivity index (χ1n) is 10.4. The molecular weight excluding hydrogens is 372 g/mol. The summed E-state index contributed by atoms with van der Waals surface area (Å²) in [5.74, 6) is 1.12. The van der Waals surface area contributed by atoms with Gasteiger partial charge in [0.2, 0.25) is 5.43 Å². The maximum absolute atomic E-state index is 13.4. The molecule has 0 fully saturated rings. The Morgan fingerprint density at radius 2 is 1.76 bits per heavy atom. The number of hydrogen-bond donors (Lipinski definition) is 0. The average molecular weight is 397 g/mol. The Bertz CT molecular complexity index is 1290. The Kier molecular flexibility index (Phi) is 3.68. The number of rotatable bonds is 4. The van der Waals surface area contributed by atoms with Crippen LogP contribution in [0.2, 0.25) is 0 Å². The topological polar surface area (TPSA) is 67.1 Å². The van der Waals surface area contributed by atoms with Gasteiger partial charge in [0.15, 0.2) is 11.5 Å². The molecule has 0 radical (unpaired) electrons. The molecule has 0 N–H and O–H groups in total. The SMILES string of the molecule is [2H]C([2H])([2H])Oc1cc(OC)c(OC)cc1-c1coc2c3c(ccc2c1=O)OC(C)(C)C=C3. The third kappa shape index (κ3) is 3.10. The summed E-state index contributed by atoms with van der Waals surface area (Å²) >= 11 is 0. The first kappa shape index (κ1) is 15.5. The minimum atomic E-state index is -2.74. The van der Waals surface area contributed by atoms with Crippen molar-refractivity contribution in [3.63, 3.8) is 0 Å². The second-order valence-corrected chi connectivity index (χ2v) is 7.18. The fraction of sp³-hybridized carbons (Fsp3) is 0.261. The van der Waals surface area contributed by atoms with Crippen LogP contribution in [-0.4, -0.2) is 26.9 Å². The van der Waals surface area contributed by atoms with E-state index in [1.54, 1.807) is 12.1 Å². The molecule has 6 nitrogen and oxygen atoms in total. The van der Waals surface area contributed by atoms with Crippen LogP contribution in [0.25, 0.3) is 28.2 Å². The van der Waals surface area contributed by atoms with E-state index in [2.05, 4.69) is 0 Å². The van der Waals surface area contributed by atoms with E-state index in [0.29, 0.717) is 28.0 Å². The van der Waals surface area contributed by atoms with Gasteiger partial charge in [-0.3, -0.25) is 4.79 Å². The highest BCUT2D eigenvalue weighted by molar-refractivity contribution is 5.91. The molecule has 0 spiro atoms. The Hall–Kier alpha value is -3.41. The van der Waals surface area contributed by atoms with Gasteiger partial charge in [-0.1, -0.05) is 0 Å². The highest BCUT2D eigenvalue weighted by Crippen LogP contribution is 2.40. The molecule has 0 atom stereocenters. The summed E-state index contributed by atoms with van der Waals surface area (Å²) in [5, 5.41) is 0.323. The standard InChI is InChI=1S/C23H22O6/c1-23(2)9-8-13-17(29-23)7-6-14-21(24)16(12-28-22(13)14)15-10-19(26-4)20(27-5)11-18(15)25-3/h6-12H,1-5H3/i3D3. The Morgan fingerprint density at radius 1 is 1.00 bits per heavy atom. The second kappa shape index (κ2) is 6.88. The molecule has 0 bridgehead atoms. The number of ether oxygens (including phenoxy) is 4. The van der Waals surface area contributed by atoms with Gasteiger partial charge in [-0.2, -0.15) is 0 Å². The molecule has 4 rings (SSSR count). The minimum Gasteiger partial charge on any atom is -0.496 e. The van der Waals surface area contributed by atoms with Gasteiger partial charge in [-0.25, -0.2) is 0 Å². The van der Waals surface area contributed by atoms with Crippen molar-refractivity contribution in [2.45, 2.75) is 19.4 Å². The van der Waals surface area contributed by atoms with Gasteiger partial charge in [0, 0.05) is 11.6 Å². The lowest BCUT2D eigenvalue weighted by Gasteiger charge is -2.27. The average Bonchev–Trinajstić information content (AvgIpc) is 2.71. The summed E-state index contributed by atoms with van der Waals surface area (Å²) in [6, 6.07) is 6.21. The molecule has 3 aromatic rings. The smallest absolute Gasteiger partial charge is 0.200 e. The highest BCUT2D eigenvalue weighted by Gasteiger charge is 2.25. The normalized spacial score (nSPS) is 16.2. The third-order valence-corrected chi connectivity index (χ3v) is 4.85. The summed E-state index contributed by atoms with van der Waals surface area (Å²) in [7, 11) is 0.120. The van der Waals surface area contributed by atoms with Crippen LogP contribution < -0.4 is 24.4 Å². The summed E-state index contributed by atoms with van der Waals surface area (Å²) in [6.07, 6.45) is 5.04. The van der Waals surface area contributed by atoms with Crippen molar-refractivity contribution in [3.05, 3.63) is 52.4 Å². The zero-order chi connectivity index (χ0) is 23.3. The van der Waals surface area contributed by atoms with Crippen molar-refractivity contribution < 1.29 is 27.5 Å². The van der Waals surface area contributed by atoms with Crippen LogP contribution in [0.4, 0.5) is 0 Å². The van der Waals surface area contributed by atoms with Crippen molar-refractivity contribution in [3.8, 4) is 34.1 Å². The molecule has 1 aliphatic rings. The van der Waals surface area contributed by atoms with Gasteiger partial charge in [-0.05, 0) is 44.2 Å². The molecule has 0 saturated carbocycles. The predicted molar refractivity (Wildman–Crippen MR) is 111 cm³/mol. The van der Waals surface area contributed by atoms with Crippen LogP contribution in [0.5, 0.6) is 23.0 Å². The molecule has 0 unspecified atom stereocenters. The Morgan fingerprint density at radius 3 is 2.48 bits per heavy atom. The lowest BCUT2D eigenvalue weighted by Crippen LogP contribution is -2.27. The fourth-order valence-electron chi connectivity index (χ4n) is 3.39. The van der Waals surface area contributed by atoms with Gasteiger partial charge in [0.1, 0.15) is 28.9 Å². The van der Waals surface area contributed by atoms with E-state index in [0.717, 1.165) is 0 Å². The first-order valence-corrected chi connectivity index (χ1v) is 8.95. The Balaban J connectivity index is 1.94. The van der Waals surface area contributed by atoms with Crippen LogP contribution in [0.15, 0.2) is 45.8 Å². The predicted octanol–water partition coefficient (Wildman–Crippen LogP) is 4.67. The van der Waals surface area contributed by atoms with Crippen molar-refractivity contribution in [2.75, 3.05) is 21.3 Å². The Labute approximate surface area is 172 Å². The summed E-state index contributed by atoms with van der Waals surface area (Å²) in [6.45, 7) is 3.86. The number of methoxy groups -OCH3 is 3. The van der Waals surface area contributed by atoms with Gasteiger partial charge in [-0.15, -0.1) is 0 Å². The fourth-order valence-corrected chi connectivity index (χ4v) is 3.39.